The number of rotatable bonds is 3. The Morgan fingerprint density at radius 2 is 1.77 bits per heavy atom. The number of nitrogens with one attached hydrogen (secondary N) is 1. The third-order valence-electron chi connectivity index (χ3n) is 3.40. The van der Waals surface area contributed by atoms with Gasteiger partial charge in [-0.25, -0.2) is 4.79 Å². The highest BCUT2D eigenvalue weighted by Crippen LogP contribution is 2.37. The monoisotopic (exact) mass is 299 g/mol. The fourth-order valence-electron chi connectivity index (χ4n) is 2.70. The zero-order valence-electron chi connectivity index (χ0n) is 14.1. The van der Waals surface area contributed by atoms with Crippen LogP contribution in [0.15, 0.2) is 41.6 Å². The fourth-order valence-corrected chi connectivity index (χ4v) is 2.70. The van der Waals surface area contributed by atoms with Crippen molar-refractivity contribution in [3.05, 3.63) is 41.6 Å². The summed E-state index contributed by atoms with van der Waals surface area (Å²) < 4.78 is 5.82. The standard InChI is InChI=1S/C19H25NO2/c1-18(2,3)22-17-8-6-15(7-9-17)20-16-10-14(13-21)11-19(4,5)12-16/h6-10,20H,11-12H2,1-5H3. The molecule has 118 valence electrons. The molecular formula is C19H25NO2. The molecular weight excluding hydrogens is 274 g/mol. The molecule has 3 nitrogen and oxygen atoms in total. The van der Waals surface area contributed by atoms with E-state index in [9.17, 15) is 4.79 Å². The zero-order chi connectivity index (χ0) is 16.4. The van der Waals surface area contributed by atoms with Crippen molar-refractivity contribution in [1.82, 2.24) is 0 Å². The van der Waals surface area contributed by atoms with E-state index < -0.39 is 0 Å². The van der Waals surface area contributed by atoms with Gasteiger partial charge in [0, 0.05) is 17.0 Å². The van der Waals surface area contributed by atoms with Gasteiger partial charge in [0.15, 0.2) is 0 Å². The summed E-state index contributed by atoms with van der Waals surface area (Å²) in [5.41, 5.74) is 2.66. The van der Waals surface area contributed by atoms with Gasteiger partial charge in [0.25, 0.3) is 0 Å². The van der Waals surface area contributed by atoms with Gasteiger partial charge in [-0.2, -0.15) is 0 Å². The molecule has 0 amide bonds. The highest BCUT2D eigenvalue weighted by Gasteiger charge is 2.26. The van der Waals surface area contributed by atoms with E-state index >= 15 is 0 Å². The molecule has 1 N–H and O–H groups in total. The zero-order valence-corrected chi connectivity index (χ0v) is 14.1. The van der Waals surface area contributed by atoms with Gasteiger partial charge in [0.1, 0.15) is 17.3 Å². The molecule has 1 aromatic carbocycles. The van der Waals surface area contributed by atoms with E-state index in [4.69, 9.17) is 4.74 Å². The van der Waals surface area contributed by atoms with Crippen LogP contribution in [-0.2, 0) is 4.79 Å². The Morgan fingerprint density at radius 3 is 2.32 bits per heavy atom. The van der Waals surface area contributed by atoms with Gasteiger partial charge in [-0.3, -0.25) is 0 Å². The van der Waals surface area contributed by atoms with Crippen molar-refractivity contribution in [1.29, 1.82) is 0 Å². The summed E-state index contributed by atoms with van der Waals surface area (Å²) in [6, 6.07) is 7.90. The molecule has 0 bridgehead atoms. The number of benzene rings is 1. The lowest BCUT2D eigenvalue weighted by Crippen LogP contribution is -2.23. The summed E-state index contributed by atoms with van der Waals surface area (Å²) in [7, 11) is 0. The summed E-state index contributed by atoms with van der Waals surface area (Å²) in [5.74, 6) is 2.89. The Balaban J connectivity index is 2.11. The predicted octanol–water partition coefficient (Wildman–Crippen LogP) is 4.74. The minimum absolute atomic E-state index is 0.0825. The molecule has 0 fully saturated rings. The number of anilines is 1. The molecule has 1 aliphatic carbocycles. The third-order valence-corrected chi connectivity index (χ3v) is 3.40. The Kier molecular flexibility index (Phi) is 4.48. The van der Waals surface area contributed by atoms with Crippen molar-refractivity contribution >= 4 is 11.6 Å². The number of carbonyl (C=O) groups excluding carboxylic acids is 1. The lowest BCUT2D eigenvalue weighted by Gasteiger charge is -2.30. The van der Waals surface area contributed by atoms with Crippen molar-refractivity contribution in [2.45, 2.75) is 53.1 Å². The molecule has 0 heterocycles. The van der Waals surface area contributed by atoms with Crippen LogP contribution in [0.1, 0.15) is 47.5 Å². The van der Waals surface area contributed by atoms with Crippen LogP contribution in [0.5, 0.6) is 5.75 Å². The third kappa shape index (κ3) is 4.78. The average Bonchev–Trinajstić information content (AvgIpc) is 2.37. The summed E-state index contributed by atoms with van der Waals surface area (Å²) >= 11 is 0. The van der Waals surface area contributed by atoms with E-state index in [2.05, 4.69) is 19.2 Å². The van der Waals surface area contributed by atoms with E-state index in [-0.39, 0.29) is 11.0 Å². The van der Waals surface area contributed by atoms with Crippen LogP contribution < -0.4 is 10.1 Å². The molecule has 1 aliphatic rings. The SMILES string of the molecule is CC1(C)CC(=C=O)C=C(Nc2ccc(OC(C)(C)C)cc2)C1. The summed E-state index contributed by atoms with van der Waals surface area (Å²) in [5, 5.41) is 3.40. The highest BCUT2D eigenvalue weighted by molar-refractivity contribution is 5.61. The number of ether oxygens (including phenoxy) is 1. The molecule has 0 aliphatic heterocycles. The second kappa shape index (κ2) is 6.02. The second-order valence-corrected chi connectivity index (χ2v) is 7.68. The largest absolute Gasteiger partial charge is 0.488 e. The van der Waals surface area contributed by atoms with Crippen molar-refractivity contribution in [3.63, 3.8) is 0 Å². The smallest absolute Gasteiger partial charge is 0.128 e. The maximum atomic E-state index is 11.0. The van der Waals surface area contributed by atoms with Crippen molar-refractivity contribution < 1.29 is 9.53 Å². The number of hydrogen-bond donors (Lipinski definition) is 1. The Bertz CT molecular complexity index is 612. The molecule has 1 aromatic rings. The second-order valence-electron chi connectivity index (χ2n) is 7.68. The van der Waals surface area contributed by atoms with E-state index in [1.54, 1.807) is 0 Å². The molecule has 0 aromatic heterocycles. The van der Waals surface area contributed by atoms with Gasteiger partial charge in [-0.05, 0) is 69.4 Å². The van der Waals surface area contributed by atoms with Crippen molar-refractivity contribution in [2.24, 2.45) is 5.41 Å². The van der Waals surface area contributed by atoms with E-state index in [1.165, 1.54) is 0 Å². The minimum Gasteiger partial charge on any atom is -0.488 e. The first kappa shape index (κ1) is 16.4. The Labute approximate surface area is 133 Å². The maximum absolute atomic E-state index is 11.0. The number of hydrogen-bond acceptors (Lipinski definition) is 3. The van der Waals surface area contributed by atoms with Gasteiger partial charge in [-0.15, -0.1) is 0 Å². The molecule has 0 saturated heterocycles. The van der Waals surface area contributed by atoms with E-state index in [0.717, 1.165) is 35.5 Å². The van der Waals surface area contributed by atoms with Gasteiger partial charge >= 0.3 is 0 Å². The molecule has 2 rings (SSSR count). The van der Waals surface area contributed by atoms with Crippen molar-refractivity contribution in [2.75, 3.05) is 5.32 Å². The first-order valence-corrected chi connectivity index (χ1v) is 7.68. The van der Waals surface area contributed by atoms with E-state index in [1.807, 2.05) is 57.1 Å². The molecule has 22 heavy (non-hydrogen) atoms. The molecule has 0 unspecified atom stereocenters. The molecule has 0 saturated carbocycles. The maximum Gasteiger partial charge on any atom is 0.128 e. The summed E-state index contributed by atoms with van der Waals surface area (Å²) in [6.45, 7) is 10.4. The van der Waals surface area contributed by atoms with Gasteiger partial charge < -0.3 is 10.1 Å². The lowest BCUT2D eigenvalue weighted by molar-refractivity contribution is 0.131. The summed E-state index contributed by atoms with van der Waals surface area (Å²) in [4.78, 5) is 11.0. The topological polar surface area (TPSA) is 38.3 Å². The van der Waals surface area contributed by atoms with Crippen LogP contribution in [-0.4, -0.2) is 11.5 Å². The highest BCUT2D eigenvalue weighted by atomic mass is 16.5. The van der Waals surface area contributed by atoms with Gasteiger partial charge in [0.2, 0.25) is 0 Å². The predicted molar refractivity (Wildman–Crippen MR) is 90.8 cm³/mol. The lowest BCUT2D eigenvalue weighted by atomic mass is 9.77. The van der Waals surface area contributed by atoms with Crippen LogP contribution in [0.2, 0.25) is 0 Å². The molecule has 0 radical (unpaired) electrons. The normalized spacial score (nSPS) is 17.5. The summed E-state index contributed by atoms with van der Waals surface area (Å²) in [6.07, 6.45) is 3.61. The van der Waals surface area contributed by atoms with Crippen LogP contribution in [0.4, 0.5) is 5.69 Å². The quantitative estimate of drug-likeness (QED) is 0.819. The minimum atomic E-state index is -0.200. The van der Waals surface area contributed by atoms with Crippen LogP contribution >= 0.6 is 0 Å². The Hall–Kier alpha value is -1.99. The average molecular weight is 299 g/mol. The van der Waals surface area contributed by atoms with Crippen LogP contribution in [0, 0.1) is 5.41 Å². The van der Waals surface area contributed by atoms with Crippen molar-refractivity contribution in [3.8, 4) is 5.75 Å². The molecule has 0 spiro atoms. The fraction of sp³-hybridized carbons (Fsp3) is 0.474. The van der Waals surface area contributed by atoms with Gasteiger partial charge in [-0.1, -0.05) is 13.8 Å². The van der Waals surface area contributed by atoms with Crippen LogP contribution in [0.25, 0.3) is 0 Å². The van der Waals surface area contributed by atoms with E-state index in [0.29, 0.717) is 0 Å². The number of allylic oxidation sites excluding steroid dienone is 3. The first-order chi connectivity index (χ1) is 10.2. The Morgan fingerprint density at radius 1 is 1.14 bits per heavy atom. The van der Waals surface area contributed by atoms with Gasteiger partial charge in [0.05, 0.1) is 0 Å². The molecule has 0 atom stereocenters. The first-order valence-electron chi connectivity index (χ1n) is 7.68. The molecule has 3 heteroatoms. The van der Waals surface area contributed by atoms with Crippen LogP contribution in [0.3, 0.4) is 0 Å².